The number of hydrogen-bond donors (Lipinski definition) is 0. The molecule has 1 radical (unpaired) electrons. The Morgan fingerprint density at radius 1 is 1.40 bits per heavy atom. The van der Waals surface area contributed by atoms with Gasteiger partial charge in [0.1, 0.15) is 0 Å². The number of rotatable bonds is 3. The minimum atomic E-state index is -1.63. The van der Waals surface area contributed by atoms with Gasteiger partial charge in [0.25, 0.3) is 0 Å². The van der Waals surface area contributed by atoms with Gasteiger partial charge in [-0.05, 0) is 37.2 Å². The summed E-state index contributed by atoms with van der Waals surface area (Å²) >= 11 is 1.65. The summed E-state index contributed by atoms with van der Waals surface area (Å²) < 4.78 is 6.28. The van der Waals surface area contributed by atoms with Gasteiger partial charge in [-0.3, -0.25) is 0 Å². The van der Waals surface area contributed by atoms with Crippen molar-refractivity contribution in [1.82, 2.24) is 0 Å². The molecule has 85 valence electrons. The highest BCUT2D eigenvalue weighted by atomic mass is 32.1. The van der Waals surface area contributed by atoms with Crippen LogP contribution in [-0.2, 0) is 4.43 Å². The fraction of sp³-hybridized carbons (Fsp3) is 0.667. The Morgan fingerprint density at radius 2 is 2.00 bits per heavy atom. The maximum atomic E-state index is 6.28. The molecule has 1 aromatic rings. The molecule has 3 heteroatoms. The van der Waals surface area contributed by atoms with Gasteiger partial charge in [0.15, 0.2) is 8.32 Å². The first kappa shape index (κ1) is 12.9. The third-order valence-corrected chi connectivity index (χ3v) is 8.68. The molecular formula is C12H21OSSi. The van der Waals surface area contributed by atoms with E-state index < -0.39 is 8.32 Å². The van der Waals surface area contributed by atoms with Gasteiger partial charge >= 0.3 is 0 Å². The summed E-state index contributed by atoms with van der Waals surface area (Å²) in [6.45, 7) is 13.5. The molecule has 0 N–H and O–H groups in total. The summed E-state index contributed by atoms with van der Waals surface area (Å²) in [5.74, 6) is 0. The van der Waals surface area contributed by atoms with Gasteiger partial charge in [-0.2, -0.15) is 0 Å². The molecule has 0 amide bonds. The molecule has 15 heavy (non-hydrogen) atoms. The highest BCUT2D eigenvalue weighted by molar-refractivity contribution is 7.09. The van der Waals surface area contributed by atoms with E-state index in [1.807, 2.05) is 6.07 Å². The SMILES string of the molecule is CC(O[Si](C)(C)C(C)(C)C)c1cc[c]s1. The smallest absolute Gasteiger partial charge is 0.192 e. The summed E-state index contributed by atoms with van der Waals surface area (Å²) in [6.07, 6.45) is 0.210. The molecule has 1 atom stereocenters. The van der Waals surface area contributed by atoms with Crippen molar-refractivity contribution in [3.05, 3.63) is 22.4 Å². The van der Waals surface area contributed by atoms with E-state index in [2.05, 4.69) is 52.2 Å². The first-order valence-corrected chi connectivity index (χ1v) is 9.10. The number of thiophene rings is 1. The fourth-order valence-electron chi connectivity index (χ4n) is 1.15. The molecule has 1 unspecified atom stereocenters. The third kappa shape index (κ3) is 3.16. The Labute approximate surface area is 98.6 Å². The van der Waals surface area contributed by atoms with E-state index in [1.165, 1.54) is 4.88 Å². The van der Waals surface area contributed by atoms with Crippen molar-refractivity contribution in [2.75, 3.05) is 0 Å². The van der Waals surface area contributed by atoms with Crippen LogP contribution in [0.4, 0.5) is 0 Å². The Morgan fingerprint density at radius 3 is 2.40 bits per heavy atom. The second-order valence-corrected chi connectivity index (χ2v) is 11.1. The van der Waals surface area contributed by atoms with Crippen LogP contribution in [0.15, 0.2) is 12.1 Å². The summed E-state index contributed by atoms with van der Waals surface area (Å²) in [5, 5.41) is 3.39. The average Bonchev–Trinajstić information content (AvgIpc) is 2.51. The van der Waals surface area contributed by atoms with Gasteiger partial charge in [0.05, 0.1) is 6.10 Å². The second kappa shape index (κ2) is 4.40. The minimum Gasteiger partial charge on any atom is -0.409 e. The molecule has 1 heterocycles. The highest BCUT2D eigenvalue weighted by Crippen LogP contribution is 2.40. The van der Waals surface area contributed by atoms with Crippen LogP contribution in [0.1, 0.15) is 38.7 Å². The topological polar surface area (TPSA) is 9.23 Å². The van der Waals surface area contributed by atoms with Crippen molar-refractivity contribution < 1.29 is 4.43 Å². The average molecular weight is 241 g/mol. The lowest BCUT2D eigenvalue weighted by Crippen LogP contribution is -2.41. The van der Waals surface area contributed by atoms with Gasteiger partial charge in [0, 0.05) is 10.3 Å². The molecule has 0 aliphatic heterocycles. The first-order valence-electron chi connectivity index (χ1n) is 5.37. The predicted octanol–water partition coefficient (Wildman–Crippen LogP) is 4.63. The summed E-state index contributed by atoms with van der Waals surface area (Å²) in [7, 11) is -1.63. The molecule has 1 aromatic heterocycles. The monoisotopic (exact) mass is 241 g/mol. The molecule has 0 spiro atoms. The van der Waals surface area contributed by atoms with Crippen LogP contribution in [0.25, 0.3) is 0 Å². The molecule has 0 aliphatic carbocycles. The van der Waals surface area contributed by atoms with E-state index in [-0.39, 0.29) is 11.1 Å². The zero-order chi connectivity index (χ0) is 11.7. The maximum absolute atomic E-state index is 6.28. The Hall–Kier alpha value is -0.123. The zero-order valence-corrected chi connectivity index (χ0v) is 12.4. The Balaban J connectivity index is 2.70. The van der Waals surface area contributed by atoms with E-state index in [1.54, 1.807) is 11.3 Å². The Bertz CT molecular complexity index is 298. The van der Waals surface area contributed by atoms with Crippen LogP contribution >= 0.6 is 11.3 Å². The summed E-state index contributed by atoms with van der Waals surface area (Å²) in [5.41, 5.74) is 0. The van der Waals surface area contributed by atoms with Crippen LogP contribution in [0.5, 0.6) is 0 Å². The van der Waals surface area contributed by atoms with Gasteiger partial charge in [0.2, 0.25) is 0 Å². The first-order chi connectivity index (χ1) is 6.74. The standard InChI is InChI=1S/C12H21OSSi/c1-10(11-8-7-9-14-11)13-15(5,6)12(2,3)4/h7-8,10H,1-6H3. The molecular weight excluding hydrogens is 220 g/mol. The van der Waals surface area contributed by atoms with Crippen LogP contribution in [0.2, 0.25) is 18.1 Å². The minimum absolute atomic E-state index is 0.210. The third-order valence-electron chi connectivity index (χ3n) is 3.17. The van der Waals surface area contributed by atoms with Crippen molar-refractivity contribution in [3.8, 4) is 0 Å². The molecule has 0 aromatic carbocycles. The van der Waals surface area contributed by atoms with Crippen LogP contribution in [0.3, 0.4) is 0 Å². The lowest BCUT2D eigenvalue weighted by molar-refractivity contribution is 0.206. The van der Waals surface area contributed by atoms with Crippen LogP contribution < -0.4 is 0 Å². The molecule has 1 nitrogen and oxygen atoms in total. The summed E-state index contributed by atoms with van der Waals surface area (Å²) in [4.78, 5) is 1.28. The van der Waals surface area contributed by atoms with Gasteiger partial charge < -0.3 is 4.43 Å². The van der Waals surface area contributed by atoms with E-state index in [4.69, 9.17) is 4.43 Å². The van der Waals surface area contributed by atoms with Crippen molar-refractivity contribution in [2.45, 2.75) is 51.9 Å². The highest BCUT2D eigenvalue weighted by Gasteiger charge is 2.38. The van der Waals surface area contributed by atoms with Gasteiger partial charge in [-0.25, -0.2) is 0 Å². The van der Waals surface area contributed by atoms with Crippen molar-refractivity contribution in [1.29, 1.82) is 0 Å². The van der Waals surface area contributed by atoms with Crippen molar-refractivity contribution in [3.63, 3.8) is 0 Å². The zero-order valence-electron chi connectivity index (χ0n) is 10.5. The molecule has 0 saturated heterocycles. The quantitative estimate of drug-likeness (QED) is 0.701. The van der Waals surface area contributed by atoms with Crippen molar-refractivity contribution >= 4 is 19.7 Å². The van der Waals surface area contributed by atoms with Crippen molar-refractivity contribution in [2.24, 2.45) is 0 Å². The second-order valence-electron chi connectivity index (χ2n) is 5.48. The fourth-order valence-corrected chi connectivity index (χ4v) is 3.22. The lowest BCUT2D eigenvalue weighted by atomic mass is 10.2. The Kier molecular flexibility index (Phi) is 3.79. The van der Waals surface area contributed by atoms with Crippen LogP contribution in [-0.4, -0.2) is 8.32 Å². The molecule has 0 bridgehead atoms. The van der Waals surface area contributed by atoms with E-state index in [0.717, 1.165) is 0 Å². The lowest BCUT2D eigenvalue weighted by Gasteiger charge is -2.38. The normalized spacial score (nSPS) is 15.3. The summed E-state index contributed by atoms with van der Waals surface area (Å²) in [6, 6.07) is 4.06. The molecule has 0 saturated carbocycles. The molecule has 0 fully saturated rings. The van der Waals surface area contributed by atoms with Gasteiger partial charge in [-0.15, -0.1) is 11.3 Å². The molecule has 0 aliphatic rings. The number of hydrogen-bond acceptors (Lipinski definition) is 2. The van der Waals surface area contributed by atoms with E-state index >= 15 is 0 Å². The van der Waals surface area contributed by atoms with E-state index in [0.29, 0.717) is 0 Å². The van der Waals surface area contributed by atoms with Gasteiger partial charge in [-0.1, -0.05) is 20.8 Å². The maximum Gasteiger partial charge on any atom is 0.192 e. The largest absolute Gasteiger partial charge is 0.409 e. The predicted molar refractivity (Wildman–Crippen MR) is 69.9 cm³/mol. The van der Waals surface area contributed by atoms with E-state index in [9.17, 15) is 0 Å². The molecule has 1 rings (SSSR count). The van der Waals surface area contributed by atoms with Crippen LogP contribution in [0, 0.1) is 5.38 Å².